The van der Waals surface area contributed by atoms with E-state index in [0.29, 0.717) is 17.9 Å². The highest BCUT2D eigenvalue weighted by atomic mass is 32.2. The normalized spacial score (nSPS) is 19.0. The van der Waals surface area contributed by atoms with Gasteiger partial charge in [-0.15, -0.1) is 11.8 Å². The zero-order valence-corrected chi connectivity index (χ0v) is 27.3. The van der Waals surface area contributed by atoms with Gasteiger partial charge in [-0.05, 0) is 76.3 Å². The van der Waals surface area contributed by atoms with Crippen LogP contribution in [0.3, 0.4) is 0 Å². The summed E-state index contributed by atoms with van der Waals surface area (Å²) >= 11 is 1.62. The Balaban J connectivity index is 1.22. The van der Waals surface area contributed by atoms with Gasteiger partial charge in [-0.25, -0.2) is 4.79 Å². The maximum atomic E-state index is 12.6. The smallest absolute Gasteiger partial charge is 0.335 e. The average Bonchev–Trinajstić information content (AvgIpc) is 3.14. The van der Waals surface area contributed by atoms with Crippen molar-refractivity contribution in [3.63, 3.8) is 0 Å². The van der Waals surface area contributed by atoms with Crippen LogP contribution >= 0.6 is 11.8 Å². The largest absolute Gasteiger partial charge is 0.478 e. The lowest BCUT2D eigenvalue weighted by Crippen LogP contribution is -2.38. The molecule has 48 heavy (non-hydrogen) atoms. The van der Waals surface area contributed by atoms with E-state index >= 15 is 0 Å². The predicted octanol–water partition coefficient (Wildman–Crippen LogP) is 8.06. The van der Waals surface area contributed by atoms with Crippen molar-refractivity contribution in [3.8, 4) is 11.1 Å². The third-order valence-electron chi connectivity index (χ3n) is 8.55. The molecule has 4 unspecified atom stereocenters. The van der Waals surface area contributed by atoms with Gasteiger partial charge in [0, 0.05) is 34.2 Å². The highest BCUT2D eigenvalue weighted by Gasteiger charge is 2.38. The van der Waals surface area contributed by atoms with Crippen LogP contribution in [0, 0.1) is 5.92 Å². The molecule has 244 valence electrons. The molecule has 0 radical (unpaired) electrons. The highest BCUT2D eigenvalue weighted by Crippen LogP contribution is 2.43. The van der Waals surface area contributed by atoms with E-state index in [-0.39, 0.29) is 36.2 Å². The third-order valence-corrected chi connectivity index (χ3v) is 9.65. The van der Waals surface area contributed by atoms with Gasteiger partial charge < -0.3 is 25.0 Å². The monoisotopic (exact) mass is 659 g/mol. The van der Waals surface area contributed by atoms with Crippen LogP contribution in [0.4, 0.5) is 0 Å². The molecule has 7 nitrogen and oxygen atoms in total. The number of carboxylic acids is 1. The minimum Gasteiger partial charge on any atom is -0.478 e. The Morgan fingerprint density at radius 2 is 1.44 bits per heavy atom. The molecule has 1 fully saturated rings. The molecule has 1 aliphatic heterocycles. The second-order valence-corrected chi connectivity index (χ2v) is 12.9. The van der Waals surface area contributed by atoms with Crippen molar-refractivity contribution in [3.05, 3.63) is 161 Å². The molecular weight excluding hydrogens is 623 g/mol. The van der Waals surface area contributed by atoms with Crippen LogP contribution < -0.4 is 5.32 Å². The van der Waals surface area contributed by atoms with Crippen LogP contribution in [0.15, 0.2) is 132 Å². The number of aliphatic hydroxyl groups excluding tert-OH is 1. The summed E-state index contributed by atoms with van der Waals surface area (Å²) in [5.41, 5.74) is 6.61. The number of rotatable bonds is 11. The highest BCUT2D eigenvalue weighted by molar-refractivity contribution is 7.99. The number of carboxylic acid groups (broad SMARTS) is 1. The molecule has 5 aromatic rings. The Morgan fingerprint density at radius 1 is 0.729 bits per heavy atom. The van der Waals surface area contributed by atoms with Gasteiger partial charge in [0.2, 0.25) is 0 Å². The van der Waals surface area contributed by atoms with Crippen molar-refractivity contribution >= 4 is 23.6 Å². The lowest BCUT2D eigenvalue weighted by atomic mass is 9.91. The number of hydrogen-bond acceptors (Lipinski definition) is 6. The molecule has 8 heteroatoms. The van der Waals surface area contributed by atoms with E-state index in [0.717, 1.165) is 38.3 Å². The number of nitrogens with one attached hydrogen (secondary N) is 1. The number of amides is 1. The van der Waals surface area contributed by atoms with Gasteiger partial charge in [0.1, 0.15) is 0 Å². The van der Waals surface area contributed by atoms with Gasteiger partial charge in [-0.1, -0.05) is 85.8 Å². The lowest BCUT2D eigenvalue weighted by molar-refractivity contribution is -0.268. The number of ether oxygens (including phenoxy) is 2. The molecule has 1 saturated heterocycles. The number of thioether (sulfide) groups is 1. The minimum absolute atomic E-state index is 0.0120. The molecule has 0 saturated carbocycles. The Labute approximate surface area is 284 Å². The van der Waals surface area contributed by atoms with E-state index in [2.05, 4.69) is 30.4 Å². The Bertz CT molecular complexity index is 1840. The Kier molecular flexibility index (Phi) is 10.7. The average molecular weight is 660 g/mol. The van der Waals surface area contributed by atoms with Gasteiger partial charge in [0.05, 0.1) is 24.4 Å². The quantitative estimate of drug-likeness (QED) is 0.123. The van der Waals surface area contributed by atoms with Gasteiger partial charge in [0.25, 0.3) is 5.91 Å². The topological polar surface area (TPSA) is 105 Å². The van der Waals surface area contributed by atoms with Crippen molar-refractivity contribution in [1.29, 1.82) is 0 Å². The van der Waals surface area contributed by atoms with E-state index in [1.165, 1.54) is 0 Å². The molecule has 1 heterocycles. The molecule has 0 aliphatic carbocycles. The summed E-state index contributed by atoms with van der Waals surface area (Å²) < 4.78 is 13.3. The predicted molar refractivity (Wildman–Crippen MR) is 187 cm³/mol. The number of hydrogen-bond donors (Lipinski definition) is 3. The number of benzene rings is 5. The standard InChI is InChI=1S/C40H37NO6S/c1-26-36(25-48-35-19-17-31(18-20-35)39(44)45)46-40(47-37(26)29-15-13-27(24-42)14-16-29)34-12-6-11-33(22-34)32-10-5-7-28(21-32)23-41-38(43)30-8-3-2-4-9-30/h2-22,26,36-37,40,42H,23-25H2,1H3,(H,41,43)(H,44,45). The minimum atomic E-state index is -0.949. The van der Waals surface area contributed by atoms with Gasteiger partial charge in [0.15, 0.2) is 6.29 Å². The van der Waals surface area contributed by atoms with Crippen molar-refractivity contribution < 1.29 is 29.3 Å². The van der Waals surface area contributed by atoms with Crippen LogP contribution in [0.25, 0.3) is 11.1 Å². The fraction of sp³-hybridized carbons (Fsp3) is 0.200. The van der Waals surface area contributed by atoms with Gasteiger partial charge >= 0.3 is 5.97 Å². The number of aromatic carboxylic acids is 1. The van der Waals surface area contributed by atoms with Crippen molar-refractivity contribution in [1.82, 2.24) is 5.32 Å². The first-order chi connectivity index (χ1) is 23.4. The molecule has 3 N–H and O–H groups in total. The molecule has 0 spiro atoms. The van der Waals surface area contributed by atoms with E-state index in [4.69, 9.17) is 9.47 Å². The maximum Gasteiger partial charge on any atom is 0.335 e. The SMILES string of the molecule is CC1C(CSc2ccc(C(=O)O)cc2)OC(c2cccc(-c3cccc(CNC(=O)c4ccccc4)c3)c2)OC1c1ccc(CO)cc1. The van der Waals surface area contributed by atoms with Crippen LogP contribution in [0.2, 0.25) is 0 Å². The fourth-order valence-electron chi connectivity index (χ4n) is 5.78. The Morgan fingerprint density at radius 3 is 2.15 bits per heavy atom. The number of aliphatic hydroxyl groups is 1. The third kappa shape index (κ3) is 8.03. The lowest BCUT2D eigenvalue weighted by Gasteiger charge is -2.41. The molecule has 1 aliphatic rings. The van der Waals surface area contributed by atoms with E-state index in [1.54, 1.807) is 36.0 Å². The van der Waals surface area contributed by atoms with Crippen molar-refractivity contribution in [2.45, 2.75) is 43.5 Å². The van der Waals surface area contributed by atoms with Gasteiger partial charge in [-0.2, -0.15) is 0 Å². The maximum absolute atomic E-state index is 12.6. The molecule has 1 amide bonds. The fourth-order valence-corrected chi connectivity index (χ4v) is 6.85. The molecule has 5 aromatic carbocycles. The summed E-state index contributed by atoms with van der Waals surface area (Å²) in [6.45, 7) is 2.50. The molecule has 0 aromatic heterocycles. The molecular formula is C40H37NO6S. The summed E-state index contributed by atoms with van der Waals surface area (Å²) in [6.07, 6.45) is -1.05. The number of carbonyl (C=O) groups is 2. The van der Waals surface area contributed by atoms with Crippen molar-refractivity contribution in [2.75, 3.05) is 5.75 Å². The Hall–Kier alpha value is -4.73. The number of carbonyl (C=O) groups excluding carboxylic acids is 1. The summed E-state index contributed by atoms with van der Waals surface area (Å²) in [5.74, 6) is -0.406. The van der Waals surface area contributed by atoms with E-state index < -0.39 is 12.3 Å². The first kappa shape index (κ1) is 33.2. The van der Waals surface area contributed by atoms with Crippen LogP contribution in [-0.4, -0.2) is 33.9 Å². The summed E-state index contributed by atoms with van der Waals surface area (Å²) in [4.78, 5) is 24.9. The van der Waals surface area contributed by atoms with Crippen LogP contribution in [0.1, 0.15) is 62.3 Å². The van der Waals surface area contributed by atoms with Gasteiger partial charge in [-0.3, -0.25) is 4.79 Å². The zero-order valence-electron chi connectivity index (χ0n) is 26.5. The molecule has 6 rings (SSSR count). The summed E-state index contributed by atoms with van der Waals surface area (Å²) in [7, 11) is 0. The first-order valence-corrected chi connectivity index (χ1v) is 16.9. The molecule has 0 bridgehead atoms. The van der Waals surface area contributed by atoms with E-state index in [1.807, 2.05) is 84.9 Å². The van der Waals surface area contributed by atoms with Crippen LogP contribution in [-0.2, 0) is 22.6 Å². The second kappa shape index (κ2) is 15.4. The van der Waals surface area contributed by atoms with Crippen molar-refractivity contribution in [2.24, 2.45) is 5.92 Å². The summed E-state index contributed by atoms with van der Waals surface area (Å²) in [6, 6.07) is 40.2. The zero-order chi connectivity index (χ0) is 33.5. The first-order valence-electron chi connectivity index (χ1n) is 15.9. The second-order valence-electron chi connectivity index (χ2n) is 11.8. The molecule has 4 atom stereocenters. The van der Waals surface area contributed by atoms with E-state index in [9.17, 15) is 19.8 Å². The van der Waals surface area contributed by atoms with Crippen LogP contribution in [0.5, 0.6) is 0 Å². The summed E-state index contributed by atoms with van der Waals surface area (Å²) in [5, 5.41) is 21.9.